The molecule has 0 saturated heterocycles. The molecule has 144 valence electrons. The minimum absolute atomic E-state index is 0.0435. The summed E-state index contributed by atoms with van der Waals surface area (Å²) < 4.78 is 2.12. The van der Waals surface area contributed by atoms with Crippen molar-refractivity contribution in [1.82, 2.24) is 14.5 Å². The second kappa shape index (κ2) is 6.21. The largest absolute Gasteiger partial charge is 0.508 e. The van der Waals surface area contributed by atoms with Crippen molar-refractivity contribution in [3.05, 3.63) is 47.3 Å². The number of nitrogens with zero attached hydrogens (tertiary/aromatic N) is 3. The molecular weight excluding hydrogens is 352 g/mol. The number of amides is 1. The molecule has 0 aliphatic heterocycles. The zero-order valence-electron chi connectivity index (χ0n) is 16.7. The molecule has 1 unspecified atom stereocenters. The number of nitrogens with two attached hydrogens (primary N) is 1. The highest BCUT2D eigenvalue weighted by Crippen LogP contribution is 2.37. The van der Waals surface area contributed by atoms with Gasteiger partial charge in [0.2, 0.25) is 0 Å². The van der Waals surface area contributed by atoms with Gasteiger partial charge in [0.05, 0.1) is 11.2 Å². The molecule has 0 radical (unpaired) electrons. The number of phenolic OH excluding ortho intramolecular Hbond substituents is 1. The Bertz CT molecular complexity index is 1270. The lowest BCUT2D eigenvalue weighted by atomic mass is 9.98. The Labute approximate surface area is 163 Å². The monoisotopic (exact) mass is 376 g/mol. The van der Waals surface area contributed by atoms with Crippen LogP contribution in [0.3, 0.4) is 0 Å². The number of phenols is 1. The molecule has 2 heterocycles. The molecule has 2 aromatic heterocycles. The molecule has 28 heavy (non-hydrogen) atoms. The maximum absolute atomic E-state index is 12.2. The number of pyridine rings is 1. The van der Waals surface area contributed by atoms with Gasteiger partial charge in [0.1, 0.15) is 11.4 Å². The van der Waals surface area contributed by atoms with Crippen LogP contribution >= 0.6 is 0 Å². The van der Waals surface area contributed by atoms with Crippen molar-refractivity contribution in [2.24, 2.45) is 12.8 Å². The van der Waals surface area contributed by atoms with Crippen LogP contribution in [0.5, 0.6) is 5.75 Å². The van der Waals surface area contributed by atoms with Gasteiger partial charge < -0.3 is 20.3 Å². The lowest BCUT2D eigenvalue weighted by molar-refractivity contribution is 0.0997. The number of hydrogen-bond acceptors (Lipinski definition) is 4. The average Bonchev–Trinajstić information content (AvgIpc) is 2.92. The van der Waals surface area contributed by atoms with Crippen LogP contribution in [0.1, 0.15) is 34.7 Å². The van der Waals surface area contributed by atoms with E-state index in [4.69, 9.17) is 5.73 Å². The van der Waals surface area contributed by atoms with Crippen molar-refractivity contribution in [2.45, 2.75) is 19.9 Å². The molecule has 0 saturated carbocycles. The van der Waals surface area contributed by atoms with E-state index in [0.29, 0.717) is 0 Å². The van der Waals surface area contributed by atoms with Gasteiger partial charge in [0, 0.05) is 34.8 Å². The first-order chi connectivity index (χ1) is 13.2. The van der Waals surface area contributed by atoms with E-state index in [1.807, 2.05) is 45.1 Å². The number of aromatic nitrogens is 2. The first-order valence-corrected chi connectivity index (χ1v) is 9.22. The second-order valence-corrected chi connectivity index (χ2v) is 7.65. The third kappa shape index (κ3) is 2.52. The number of aromatic hydroxyl groups is 1. The normalized spacial score (nSPS) is 13.1. The van der Waals surface area contributed by atoms with Gasteiger partial charge in [0.15, 0.2) is 0 Å². The van der Waals surface area contributed by atoms with Crippen molar-refractivity contribution in [1.29, 1.82) is 0 Å². The molecule has 4 aromatic rings. The van der Waals surface area contributed by atoms with Gasteiger partial charge in [-0.05, 0) is 69.2 Å². The minimum Gasteiger partial charge on any atom is -0.508 e. The van der Waals surface area contributed by atoms with Crippen molar-refractivity contribution in [2.75, 3.05) is 14.1 Å². The SMILES string of the molecule is Cc1c2cc(C(C)N(C)C)nc(C(N)=O)c2cc2c3cc(O)ccc3n(C)c12. The third-order valence-corrected chi connectivity index (χ3v) is 5.78. The number of primary amides is 1. The van der Waals surface area contributed by atoms with E-state index < -0.39 is 5.91 Å². The van der Waals surface area contributed by atoms with Crippen LogP contribution in [0.15, 0.2) is 30.3 Å². The third-order valence-electron chi connectivity index (χ3n) is 5.78. The first kappa shape index (κ1) is 18.3. The topological polar surface area (TPSA) is 84.4 Å². The van der Waals surface area contributed by atoms with Crippen molar-refractivity contribution in [3.63, 3.8) is 0 Å². The maximum Gasteiger partial charge on any atom is 0.267 e. The van der Waals surface area contributed by atoms with Crippen LogP contribution in [-0.4, -0.2) is 39.6 Å². The summed E-state index contributed by atoms with van der Waals surface area (Å²) in [4.78, 5) is 18.9. The number of rotatable bonds is 3. The smallest absolute Gasteiger partial charge is 0.267 e. The molecule has 0 fully saturated rings. The first-order valence-electron chi connectivity index (χ1n) is 9.22. The van der Waals surface area contributed by atoms with Gasteiger partial charge in [-0.15, -0.1) is 0 Å². The molecule has 3 N–H and O–H groups in total. The molecule has 0 spiro atoms. The highest BCUT2D eigenvalue weighted by atomic mass is 16.3. The number of hydrogen-bond donors (Lipinski definition) is 2. The Morgan fingerprint density at radius 1 is 1.14 bits per heavy atom. The summed E-state index contributed by atoms with van der Waals surface area (Å²) in [5.41, 5.74) is 9.93. The van der Waals surface area contributed by atoms with Gasteiger partial charge >= 0.3 is 0 Å². The van der Waals surface area contributed by atoms with Crippen molar-refractivity contribution < 1.29 is 9.90 Å². The van der Waals surface area contributed by atoms with Gasteiger partial charge in [-0.2, -0.15) is 0 Å². The molecule has 0 aliphatic carbocycles. The molecule has 6 heteroatoms. The standard InChI is InChI=1S/C22H24N4O2/c1-11-14-10-18(12(2)25(3)4)24-20(22(23)28)16(14)9-17-15-8-13(27)6-7-19(15)26(5)21(11)17/h6-10,12,27H,1-5H3,(H2,23,28). The highest BCUT2D eigenvalue weighted by Gasteiger charge is 2.20. The van der Waals surface area contributed by atoms with Crippen molar-refractivity contribution >= 4 is 38.5 Å². The van der Waals surface area contributed by atoms with Gasteiger partial charge in [-0.1, -0.05) is 0 Å². The van der Waals surface area contributed by atoms with Crippen LogP contribution in [0.4, 0.5) is 0 Å². The van der Waals surface area contributed by atoms with Crippen LogP contribution in [0.25, 0.3) is 32.6 Å². The molecular formula is C22H24N4O2. The average molecular weight is 376 g/mol. The van der Waals surface area contributed by atoms with E-state index in [2.05, 4.69) is 22.5 Å². The minimum atomic E-state index is -0.542. The summed E-state index contributed by atoms with van der Waals surface area (Å²) in [5, 5.41) is 13.6. The van der Waals surface area contributed by atoms with Crippen molar-refractivity contribution in [3.8, 4) is 5.75 Å². The lowest BCUT2D eigenvalue weighted by Gasteiger charge is -2.21. The fourth-order valence-electron chi connectivity index (χ4n) is 4.03. The number of aryl methyl sites for hydroxylation is 2. The predicted molar refractivity (Wildman–Crippen MR) is 113 cm³/mol. The van der Waals surface area contributed by atoms with Crippen LogP contribution in [0, 0.1) is 6.92 Å². The molecule has 1 amide bonds. The molecule has 4 rings (SSSR count). The second-order valence-electron chi connectivity index (χ2n) is 7.65. The Balaban J connectivity index is 2.20. The Morgan fingerprint density at radius 3 is 2.50 bits per heavy atom. The maximum atomic E-state index is 12.2. The summed E-state index contributed by atoms with van der Waals surface area (Å²) in [6.07, 6.45) is 0. The Hall–Kier alpha value is -3.12. The predicted octanol–water partition coefficient (Wildman–Crippen LogP) is 3.62. The number of carbonyl (C=O) groups is 1. The molecule has 6 nitrogen and oxygen atoms in total. The summed E-state index contributed by atoms with van der Waals surface area (Å²) in [7, 11) is 5.97. The van der Waals surface area contributed by atoms with E-state index in [1.165, 1.54) is 0 Å². The Kier molecular flexibility index (Phi) is 4.05. The molecule has 0 aliphatic rings. The summed E-state index contributed by atoms with van der Waals surface area (Å²) in [6.45, 7) is 4.10. The quantitative estimate of drug-likeness (QED) is 0.572. The van der Waals surface area contributed by atoms with E-state index in [0.717, 1.165) is 43.8 Å². The Morgan fingerprint density at radius 2 is 1.86 bits per heavy atom. The highest BCUT2D eigenvalue weighted by molar-refractivity contribution is 6.17. The van der Waals surface area contributed by atoms with Crippen LogP contribution < -0.4 is 5.73 Å². The van der Waals surface area contributed by atoms with E-state index in [9.17, 15) is 9.90 Å². The molecule has 2 aromatic carbocycles. The molecule has 0 bridgehead atoms. The fourth-order valence-corrected chi connectivity index (χ4v) is 4.03. The fraction of sp³-hybridized carbons (Fsp3) is 0.273. The number of carbonyl (C=O) groups excluding carboxylic acids is 1. The van der Waals surface area contributed by atoms with Crippen LogP contribution in [-0.2, 0) is 7.05 Å². The van der Waals surface area contributed by atoms with E-state index in [-0.39, 0.29) is 17.5 Å². The molecule has 1 atom stereocenters. The zero-order chi connectivity index (χ0) is 20.3. The summed E-state index contributed by atoms with van der Waals surface area (Å²) in [6, 6.07) is 9.41. The lowest BCUT2D eigenvalue weighted by Crippen LogP contribution is -2.21. The summed E-state index contributed by atoms with van der Waals surface area (Å²) in [5.74, 6) is -0.333. The van der Waals surface area contributed by atoms with Gasteiger partial charge in [-0.25, -0.2) is 4.98 Å². The number of benzene rings is 2. The van der Waals surface area contributed by atoms with E-state index in [1.54, 1.807) is 12.1 Å². The summed E-state index contributed by atoms with van der Waals surface area (Å²) >= 11 is 0. The van der Waals surface area contributed by atoms with Gasteiger partial charge in [0.25, 0.3) is 5.91 Å². The van der Waals surface area contributed by atoms with Crippen LogP contribution in [0.2, 0.25) is 0 Å². The van der Waals surface area contributed by atoms with E-state index >= 15 is 0 Å². The number of fused-ring (bicyclic) bond motifs is 4. The van der Waals surface area contributed by atoms with Gasteiger partial charge in [-0.3, -0.25) is 4.79 Å². The zero-order valence-corrected chi connectivity index (χ0v) is 16.7.